The molecule has 0 saturated heterocycles. The molecule has 0 fully saturated rings. The highest BCUT2D eigenvalue weighted by Crippen LogP contribution is 2.41. The van der Waals surface area contributed by atoms with Crippen molar-refractivity contribution in [2.24, 2.45) is 0 Å². The first-order valence-electron chi connectivity index (χ1n) is 10.5. The Morgan fingerprint density at radius 2 is 2.10 bits per heavy atom. The number of halogens is 1. The van der Waals surface area contributed by atoms with Crippen LogP contribution in [-0.2, 0) is 23.1 Å². The molecular formula is C23H26FN3O4. The molecule has 2 heterocycles. The molecule has 1 atom stereocenters. The van der Waals surface area contributed by atoms with Crippen LogP contribution in [0, 0.1) is 5.82 Å². The number of rotatable bonds is 4. The molecule has 0 radical (unpaired) electrons. The van der Waals surface area contributed by atoms with Crippen molar-refractivity contribution in [3.63, 3.8) is 0 Å². The molecule has 1 aliphatic heterocycles. The number of carbonyl (C=O) groups is 2. The lowest BCUT2D eigenvalue weighted by molar-refractivity contribution is -0.121. The van der Waals surface area contributed by atoms with Crippen molar-refractivity contribution in [2.45, 2.75) is 51.5 Å². The molecule has 1 unspecified atom stereocenters. The van der Waals surface area contributed by atoms with Crippen LogP contribution in [0.5, 0.6) is 5.88 Å². The Labute approximate surface area is 180 Å². The second kappa shape index (κ2) is 7.83. The first-order valence-corrected chi connectivity index (χ1v) is 10.5. The first kappa shape index (κ1) is 21.1. The maximum atomic E-state index is 14.8. The lowest BCUT2D eigenvalue weighted by Gasteiger charge is -2.34. The van der Waals surface area contributed by atoms with Gasteiger partial charge in [-0.15, -0.1) is 0 Å². The second-order valence-corrected chi connectivity index (χ2v) is 8.61. The van der Waals surface area contributed by atoms with Gasteiger partial charge in [0.25, 0.3) is 5.91 Å². The van der Waals surface area contributed by atoms with Crippen LogP contribution in [0.2, 0.25) is 0 Å². The molecule has 1 aromatic heterocycles. The molecule has 8 heteroatoms. The van der Waals surface area contributed by atoms with Gasteiger partial charge in [-0.05, 0) is 54.5 Å². The molecule has 4 rings (SSSR count). The van der Waals surface area contributed by atoms with Gasteiger partial charge in [-0.1, -0.05) is 13.8 Å². The standard InChI is InChI=1S/C23H26FN3O4/c1-4-31-18-6-5-15-17(26-18)8-10-27(22(29)30)20(15)21(28)25-14-11-13-7-9-23(2,3)19(13)16(24)12-14/h5-6,11-12,20H,4,7-10H2,1-3H3,(H,25,28)(H,29,30). The molecule has 1 aromatic carbocycles. The number of benzene rings is 1. The number of nitrogens with zero attached hydrogens (tertiary/aromatic N) is 2. The van der Waals surface area contributed by atoms with Crippen molar-refractivity contribution >= 4 is 17.7 Å². The average molecular weight is 427 g/mol. The first-order chi connectivity index (χ1) is 14.7. The summed E-state index contributed by atoms with van der Waals surface area (Å²) in [5.74, 6) is -0.448. The van der Waals surface area contributed by atoms with E-state index in [9.17, 15) is 19.1 Å². The van der Waals surface area contributed by atoms with Crippen molar-refractivity contribution in [1.82, 2.24) is 9.88 Å². The Kier molecular flexibility index (Phi) is 5.33. The molecule has 1 aliphatic carbocycles. The number of hydrogen-bond acceptors (Lipinski definition) is 4. The lowest BCUT2D eigenvalue weighted by Crippen LogP contribution is -2.45. The number of fused-ring (bicyclic) bond motifs is 2. The number of nitrogens with one attached hydrogen (secondary N) is 1. The van der Waals surface area contributed by atoms with E-state index in [0.717, 1.165) is 23.3 Å². The molecule has 7 nitrogen and oxygen atoms in total. The number of hydrogen-bond donors (Lipinski definition) is 2. The quantitative estimate of drug-likeness (QED) is 0.768. The summed E-state index contributed by atoms with van der Waals surface area (Å²) in [6.45, 7) is 6.45. The minimum absolute atomic E-state index is 0.135. The molecular weight excluding hydrogens is 401 g/mol. The molecule has 2 N–H and O–H groups in total. The summed E-state index contributed by atoms with van der Waals surface area (Å²) in [5.41, 5.74) is 2.79. The number of ether oxygens (including phenoxy) is 1. The summed E-state index contributed by atoms with van der Waals surface area (Å²) in [7, 11) is 0. The van der Waals surface area contributed by atoms with Crippen LogP contribution in [0.3, 0.4) is 0 Å². The number of aromatic nitrogens is 1. The molecule has 31 heavy (non-hydrogen) atoms. The fraction of sp³-hybridized carbons (Fsp3) is 0.435. The number of anilines is 1. The van der Waals surface area contributed by atoms with E-state index in [1.165, 1.54) is 6.07 Å². The average Bonchev–Trinajstić information content (AvgIpc) is 3.01. The van der Waals surface area contributed by atoms with Crippen LogP contribution in [0.15, 0.2) is 24.3 Å². The number of amides is 2. The van der Waals surface area contributed by atoms with E-state index in [1.54, 1.807) is 18.2 Å². The van der Waals surface area contributed by atoms with Gasteiger partial charge in [-0.3, -0.25) is 9.69 Å². The van der Waals surface area contributed by atoms with E-state index in [1.807, 2.05) is 20.8 Å². The summed E-state index contributed by atoms with van der Waals surface area (Å²) in [4.78, 5) is 30.5. The number of pyridine rings is 1. The molecule has 2 aromatic rings. The van der Waals surface area contributed by atoms with Gasteiger partial charge in [-0.2, -0.15) is 0 Å². The number of carboxylic acid groups (broad SMARTS) is 1. The third-order valence-corrected chi connectivity index (χ3v) is 6.10. The fourth-order valence-corrected chi connectivity index (χ4v) is 4.66. The summed E-state index contributed by atoms with van der Waals surface area (Å²) in [6, 6.07) is 5.34. The van der Waals surface area contributed by atoms with E-state index in [4.69, 9.17) is 4.74 Å². The van der Waals surface area contributed by atoms with Gasteiger partial charge >= 0.3 is 6.09 Å². The zero-order valence-electron chi connectivity index (χ0n) is 17.9. The molecule has 0 saturated carbocycles. The predicted molar refractivity (Wildman–Crippen MR) is 113 cm³/mol. The van der Waals surface area contributed by atoms with Crippen molar-refractivity contribution in [3.05, 3.63) is 52.5 Å². The van der Waals surface area contributed by atoms with Gasteiger partial charge in [0.2, 0.25) is 5.88 Å². The van der Waals surface area contributed by atoms with Crippen molar-refractivity contribution in [2.75, 3.05) is 18.5 Å². The highest BCUT2D eigenvalue weighted by atomic mass is 19.1. The van der Waals surface area contributed by atoms with Crippen LogP contribution in [0.1, 0.15) is 55.6 Å². The van der Waals surface area contributed by atoms with Crippen LogP contribution < -0.4 is 10.1 Å². The second-order valence-electron chi connectivity index (χ2n) is 8.61. The smallest absolute Gasteiger partial charge is 0.408 e. The van der Waals surface area contributed by atoms with Crippen LogP contribution in [0.25, 0.3) is 0 Å². The van der Waals surface area contributed by atoms with E-state index in [-0.39, 0.29) is 17.8 Å². The Hall–Kier alpha value is -3.16. The Morgan fingerprint density at radius 1 is 1.32 bits per heavy atom. The fourth-order valence-electron chi connectivity index (χ4n) is 4.66. The normalized spacial score (nSPS) is 18.8. The molecule has 2 aliphatic rings. The molecule has 0 spiro atoms. The highest BCUT2D eigenvalue weighted by Gasteiger charge is 2.38. The van der Waals surface area contributed by atoms with Gasteiger partial charge in [0.05, 0.1) is 12.3 Å². The van der Waals surface area contributed by atoms with Gasteiger partial charge in [0.15, 0.2) is 0 Å². The van der Waals surface area contributed by atoms with Crippen molar-refractivity contribution in [1.29, 1.82) is 0 Å². The summed E-state index contributed by atoms with van der Waals surface area (Å²) >= 11 is 0. The molecule has 0 bridgehead atoms. The summed E-state index contributed by atoms with van der Waals surface area (Å²) in [6.07, 6.45) is 0.768. The monoisotopic (exact) mass is 427 g/mol. The van der Waals surface area contributed by atoms with Crippen LogP contribution in [-0.4, -0.2) is 40.1 Å². The number of aryl methyl sites for hydroxylation is 1. The Balaban J connectivity index is 1.66. The minimum Gasteiger partial charge on any atom is -0.478 e. The summed E-state index contributed by atoms with van der Waals surface area (Å²) in [5, 5.41) is 12.4. The van der Waals surface area contributed by atoms with E-state index < -0.39 is 18.0 Å². The summed E-state index contributed by atoms with van der Waals surface area (Å²) < 4.78 is 20.2. The minimum atomic E-state index is -1.19. The Bertz CT molecular complexity index is 1050. The highest BCUT2D eigenvalue weighted by molar-refractivity contribution is 5.97. The van der Waals surface area contributed by atoms with Crippen LogP contribution in [0.4, 0.5) is 14.9 Å². The van der Waals surface area contributed by atoms with Crippen molar-refractivity contribution in [3.8, 4) is 5.88 Å². The van der Waals surface area contributed by atoms with Crippen LogP contribution >= 0.6 is 0 Å². The third-order valence-electron chi connectivity index (χ3n) is 6.10. The van der Waals surface area contributed by atoms with E-state index in [0.29, 0.717) is 41.4 Å². The zero-order chi connectivity index (χ0) is 22.3. The predicted octanol–water partition coefficient (Wildman–Crippen LogP) is 4.06. The lowest BCUT2D eigenvalue weighted by atomic mass is 9.86. The van der Waals surface area contributed by atoms with Gasteiger partial charge in [0, 0.05) is 30.3 Å². The van der Waals surface area contributed by atoms with Crippen molar-refractivity contribution < 1.29 is 23.8 Å². The topological polar surface area (TPSA) is 91.8 Å². The van der Waals surface area contributed by atoms with Gasteiger partial charge in [-0.25, -0.2) is 14.2 Å². The maximum absolute atomic E-state index is 14.8. The van der Waals surface area contributed by atoms with Gasteiger partial charge < -0.3 is 15.2 Å². The van der Waals surface area contributed by atoms with E-state index in [2.05, 4.69) is 10.3 Å². The van der Waals surface area contributed by atoms with Gasteiger partial charge in [0.1, 0.15) is 11.9 Å². The molecule has 2 amide bonds. The maximum Gasteiger partial charge on any atom is 0.408 e. The molecule has 164 valence electrons. The largest absolute Gasteiger partial charge is 0.478 e. The zero-order valence-corrected chi connectivity index (χ0v) is 17.9. The Morgan fingerprint density at radius 3 is 2.81 bits per heavy atom. The third kappa shape index (κ3) is 3.82. The SMILES string of the molecule is CCOc1ccc2c(n1)CCN(C(=O)O)C2C(=O)Nc1cc(F)c2c(c1)CCC2(C)C. The number of carbonyl (C=O) groups excluding carboxylic acids is 1. The van der Waals surface area contributed by atoms with E-state index >= 15 is 0 Å².